The molecule has 0 aliphatic rings. The second-order valence-corrected chi connectivity index (χ2v) is 6.00. The van der Waals surface area contributed by atoms with E-state index >= 15 is 0 Å². The number of aromatic nitrogens is 1. The number of amides is 1. The molecule has 1 amide bonds. The summed E-state index contributed by atoms with van der Waals surface area (Å²) in [6.45, 7) is 3.21. The zero-order chi connectivity index (χ0) is 18.7. The van der Waals surface area contributed by atoms with Crippen LogP contribution in [0, 0.1) is 0 Å². The topological polar surface area (TPSA) is 77.2 Å². The molecule has 8 heteroatoms. The number of hydrogen-bond acceptors (Lipinski definition) is 4. The van der Waals surface area contributed by atoms with Gasteiger partial charge in [-0.15, -0.1) is 0 Å². The fourth-order valence-corrected chi connectivity index (χ4v) is 1.90. The van der Waals surface area contributed by atoms with Crippen molar-refractivity contribution in [2.75, 3.05) is 0 Å². The second kappa shape index (κ2) is 7.10. The van der Waals surface area contributed by atoms with Crippen molar-refractivity contribution in [1.29, 1.82) is 0 Å². The SMILES string of the molecule is CC(C)(N)C(=O)NCc1cccnc1Oc1cccc(C(F)(F)F)c1. The van der Waals surface area contributed by atoms with E-state index in [1.54, 1.807) is 26.0 Å². The van der Waals surface area contributed by atoms with Crippen LogP contribution in [-0.4, -0.2) is 16.4 Å². The smallest absolute Gasteiger partial charge is 0.416 e. The summed E-state index contributed by atoms with van der Waals surface area (Å²) in [6.07, 6.45) is -3.02. The van der Waals surface area contributed by atoms with Gasteiger partial charge < -0.3 is 15.8 Å². The number of ether oxygens (including phenoxy) is 1. The highest BCUT2D eigenvalue weighted by molar-refractivity contribution is 5.85. The molecule has 134 valence electrons. The van der Waals surface area contributed by atoms with Gasteiger partial charge in [-0.25, -0.2) is 4.98 Å². The van der Waals surface area contributed by atoms with E-state index in [-0.39, 0.29) is 24.1 Å². The Hall–Kier alpha value is -2.61. The van der Waals surface area contributed by atoms with Crippen molar-refractivity contribution in [3.8, 4) is 11.6 Å². The van der Waals surface area contributed by atoms with Crippen molar-refractivity contribution in [1.82, 2.24) is 10.3 Å². The van der Waals surface area contributed by atoms with Crippen LogP contribution in [-0.2, 0) is 17.5 Å². The molecule has 0 aliphatic carbocycles. The third kappa shape index (κ3) is 5.18. The van der Waals surface area contributed by atoms with Gasteiger partial charge in [0.1, 0.15) is 5.75 Å². The number of carbonyl (C=O) groups excluding carboxylic acids is 1. The van der Waals surface area contributed by atoms with E-state index < -0.39 is 17.3 Å². The Labute approximate surface area is 143 Å². The van der Waals surface area contributed by atoms with Crippen LogP contribution >= 0.6 is 0 Å². The highest BCUT2D eigenvalue weighted by Gasteiger charge is 2.30. The number of hydrogen-bond donors (Lipinski definition) is 2. The lowest BCUT2D eigenvalue weighted by Crippen LogP contribution is -2.48. The Morgan fingerprint density at radius 3 is 2.60 bits per heavy atom. The van der Waals surface area contributed by atoms with Crippen molar-refractivity contribution in [3.63, 3.8) is 0 Å². The molecular formula is C17H18F3N3O2. The maximum absolute atomic E-state index is 12.8. The Balaban J connectivity index is 2.17. The normalized spacial score (nSPS) is 11.9. The molecule has 1 aromatic carbocycles. The van der Waals surface area contributed by atoms with E-state index in [0.29, 0.717) is 5.56 Å². The summed E-state index contributed by atoms with van der Waals surface area (Å²) < 4.78 is 43.8. The summed E-state index contributed by atoms with van der Waals surface area (Å²) in [5, 5.41) is 2.64. The largest absolute Gasteiger partial charge is 0.439 e. The first kappa shape index (κ1) is 18.7. The van der Waals surface area contributed by atoms with Crippen LogP contribution in [0.3, 0.4) is 0 Å². The maximum atomic E-state index is 12.8. The molecule has 2 rings (SSSR count). The van der Waals surface area contributed by atoms with Gasteiger partial charge in [0, 0.05) is 18.3 Å². The van der Waals surface area contributed by atoms with Gasteiger partial charge in [-0.1, -0.05) is 12.1 Å². The Morgan fingerprint density at radius 2 is 1.96 bits per heavy atom. The highest BCUT2D eigenvalue weighted by atomic mass is 19.4. The molecule has 0 saturated heterocycles. The van der Waals surface area contributed by atoms with E-state index in [9.17, 15) is 18.0 Å². The monoisotopic (exact) mass is 353 g/mol. The number of pyridine rings is 1. The number of alkyl halides is 3. The third-order valence-corrected chi connectivity index (χ3v) is 3.25. The van der Waals surface area contributed by atoms with Crippen molar-refractivity contribution in [3.05, 3.63) is 53.7 Å². The molecule has 0 unspecified atom stereocenters. The molecular weight excluding hydrogens is 335 g/mol. The van der Waals surface area contributed by atoms with Crippen molar-refractivity contribution >= 4 is 5.91 Å². The summed E-state index contributed by atoms with van der Waals surface area (Å²) in [4.78, 5) is 15.9. The molecule has 25 heavy (non-hydrogen) atoms. The quantitative estimate of drug-likeness (QED) is 0.865. The molecule has 0 fully saturated rings. The molecule has 0 atom stereocenters. The van der Waals surface area contributed by atoms with Gasteiger partial charge >= 0.3 is 6.18 Å². The van der Waals surface area contributed by atoms with E-state index in [1.807, 2.05) is 0 Å². The highest BCUT2D eigenvalue weighted by Crippen LogP contribution is 2.32. The number of nitrogens with two attached hydrogens (primary N) is 1. The standard InChI is InChI=1S/C17H18F3N3O2/c1-16(2,21)15(24)23-10-11-5-4-8-22-14(11)25-13-7-3-6-12(9-13)17(18,19)20/h3-9H,10,21H2,1-2H3,(H,23,24). The Kier molecular flexibility index (Phi) is 5.32. The Morgan fingerprint density at radius 1 is 1.24 bits per heavy atom. The number of nitrogens with zero attached hydrogens (tertiary/aromatic N) is 1. The fourth-order valence-electron chi connectivity index (χ4n) is 1.90. The number of nitrogens with one attached hydrogen (secondary N) is 1. The minimum absolute atomic E-state index is 0.000237. The van der Waals surface area contributed by atoms with Gasteiger partial charge in [-0.2, -0.15) is 13.2 Å². The summed E-state index contributed by atoms with van der Waals surface area (Å²) in [5.41, 5.74) is 4.34. The molecule has 3 N–H and O–H groups in total. The zero-order valence-corrected chi connectivity index (χ0v) is 13.7. The minimum atomic E-state index is -4.47. The van der Waals surface area contributed by atoms with Crippen LogP contribution in [0.2, 0.25) is 0 Å². The van der Waals surface area contributed by atoms with Crippen LogP contribution in [0.5, 0.6) is 11.6 Å². The minimum Gasteiger partial charge on any atom is -0.439 e. The van der Waals surface area contributed by atoms with Crippen molar-refractivity contribution in [2.45, 2.75) is 32.1 Å². The van der Waals surface area contributed by atoms with Crippen LogP contribution in [0.1, 0.15) is 25.0 Å². The van der Waals surface area contributed by atoms with Crippen LogP contribution in [0.25, 0.3) is 0 Å². The fraction of sp³-hybridized carbons (Fsp3) is 0.294. The zero-order valence-electron chi connectivity index (χ0n) is 13.7. The van der Waals surface area contributed by atoms with Crippen LogP contribution < -0.4 is 15.8 Å². The summed E-state index contributed by atoms with van der Waals surface area (Å²) in [7, 11) is 0. The third-order valence-electron chi connectivity index (χ3n) is 3.25. The van der Waals surface area contributed by atoms with Crippen LogP contribution in [0.15, 0.2) is 42.6 Å². The molecule has 2 aromatic rings. The molecule has 0 radical (unpaired) electrons. The van der Waals surface area contributed by atoms with Gasteiger partial charge in [0.05, 0.1) is 11.1 Å². The summed E-state index contributed by atoms with van der Waals surface area (Å²) in [5.74, 6) is -0.265. The lowest BCUT2D eigenvalue weighted by molar-refractivity contribution is -0.137. The maximum Gasteiger partial charge on any atom is 0.416 e. The van der Waals surface area contributed by atoms with Gasteiger partial charge in [-0.05, 0) is 38.1 Å². The molecule has 0 saturated carbocycles. The van der Waals surface area contributed by atoms with Gasteiger partial charge in [-0.3, -0.25) is 4.79 Å². The second-order valence-electron chi connectivity index (χ2n) is 6.00. The number of halogens is 3. The summed E-state index contributed by atoms with van der Waals surface area (Å²) >= 11 is 0. The van der Waals surface area contributed by atoms with Gasteiger partial charge in [0.25, 0.3) is 0 Å². The average Bonchev–Trinajstić information content (AvgIpc) is 2.52. The number of benzene rings is 1. The molecule has 0 spiro atoms. The van der Waals surface area contributed by atoms with Crippen molar-refractivity contribution < 1.29 is 22.7 Å². The van der Waals surface area contributed by atoms with Gasteiger partial charge in [0.15, 0.2) is 0 Å². The molecule has 1 aromatic heterocycles. The van der Waals surface area contributed by atoms with E-state index in [1.165, 1.54) is 18.3 Å². The van der Waals surface area contributed by atoms with Crippen LogP contribution in [0.4, 0.5) is 13.2 Å². The average molecular weight is 353 g/mol. The van der Waals surface area contributed by atoms with E-state index in [2.05, 4.69) is 10.3 Å². The predicted octanol–water partition coefficient (Wildman–Crippen LogP) is 3.25. The lowest BCUT2D eigenvalue weighted by atomic mass is 10.1. The van der Waals surface area contributed by atoms with Gasteiger partial charge in [0.2, 0.25) is 11.8 Å². The first-order chi connectivity index (χ1) is 11.6. The molecule has 0 bridgehead atoms. The van der Waals surface area contributed by atoms with E-state index in [0.717, 1.165) is 12.1 Å². The van der Waals surface area contributed by atoms with Crippen molar-refractivity contribution in [2.24, 2.45) is 5.73 Å². The summed E-state index contributed by atoms with van der Waals surface area (Å²) in [6, 6.07) is 7.78. The lowest BCUT2D eigenvalue weighted by Gasteiger charge is -2.18. The molecule has 5 nitrogen and oxygen atoms in total. The molecule has 0 aliphatic heterocycles. The number of rotatable bonds is 5. The van der Waals surface area contributed by atoms with E-state index in [4.69, 9.17) is 10.5 Å². The first-order valence-electron chi connectivity index (χ1n) is 7.43. The molecule has 1 heterocycles. The number of carbonyl (C=O) groups is 1. The predicted molar refractivity (Wildman–Crippen MR) is 85.9 cm³/mol. The first-order valence-corrected chi connectivity index (χ1v) is 7.43. The Bertz CT molecular complexity index is 755.